The second-order valence-electron chi connectivity index (χ2n) is 6.50. The first-order valence-corrected chi connectivity index (χ1v) is 8.48. The largest absolute Gasteiger partial charge is 0.459 e. The summed E-state index contributed by atoms with van der Waals surface area (Å²) in [6.45, 7) is 1.59. The van der Waals surface area contributed by atoms with Crippen molar-refractivity contribution in [2.45, 2.75) is 37.8 Å². The Hall–Kier alpha value is -2.07. The Morgan fingerprint density at radius 3 is 2.70 bits per heavy atom. The molecule has 1 N–H and O–H groups in total. The first-order chi connectivity index (χ1) is 11.3. The molecule has 1 fully saturated rings. The Labute approximate surface area is 136 Å². The van der Waals surface area contributed by atoms with E-state index in [2.05, 4.69) is 29.6 Å². The van der Waals surface area contributed by atoms with Gasteiger partial charge < -0.3 is 14.6 Å². The summed E-state index contributed by atoms with van der Waals surface area (Å²) in [5.41, 5.74) is 2.94. The minimum absolute atomic E-state index is 0.0136. The van der Waals surface area contributed by atoms with E-state index >= 15 is 0 Å². The van der Waals surface area contributed by atoms with Gasteiger partial charge in [-0.15, -0.1) is 0 Å². The molecule has 1 aliphatic carbocycles. The van der Waals surface area contributed by atoms with Gasteiger partial charge in [0.25, 0.3) is 5.91 Å². The first kappa shape index (κ1) is 14.5. The number of piperidine rings is 1. The third kappa shape index (κ3) is 2.91. The van der Waals surface area contributed by atoms with Gasteiger partial charge in [-0.25, -0.2) is 0 Å². The molecule has 0 radical (unpaired) electrons. The quantitative estimate of drug-likeness (QED) is 0.947. The van der Waals surface area contributed by atoms with Gasteiger partial charge >= 0.3 is 0 Å². The Kier molecular flexibility index (Phi) is 3.92. The molecule has 4 nitrogen and oxygen atoms in total. The van der Waals surface area contributed by atoms with Gasteiger partial charge in [-0.3, -0.25) is 4.79 Å². The maximum absolute atomic E-state index is 12.3. The Balaban J connectivity index is 1.33. The first-order valence-electron chi connectivity index (χ1n) is 8.48. The van der Waals surface area contributed by atoms with Crippen LogP contribution < -0.4 is 5.32 Å². The fraction of sp³-hybridized carbons (Fsp3) is 0.421. The average Bonchev–Trinajstić information content (AvgIpc) is 3.25. The van der Waals surface area contributed by atoms with Crippen molar-refractivity contribution in [3.63, 3.8) is 0 Å². The van der Waals surface area contributed by atoms with Crippen LogP contribution >= 0.6 is 0 Å². The summed E-state index contributed by atoms with van der Waals surface area (Å²) < 4.78 is 5.22. The molecule has 2 aromatic rings. The highest BCUT2D eigenvalue weighted by atomic mass is 16.3. The van der Waals surface area contributed by atoms with Crippen LogP contribution in [0.1, 0.15) is 47.0 Å². The van der Waals surface area contributed by atoms with Crippen molar-refractivity contribution in [2.75, 3.05) is 13.1 Å². The second-order valence-corrected chi connectivity index (χ2v) is 6.50. The summed E-state index contributed by atoms with van der Waals surface area (Å²) in [7, 11) is 0. The summed E-state index contributed by atoms with van der Waals surface area (Å²) >= 11 is 0. The second kappa shape index (κ2) is 6.20. The lowest BCUT2D eigenvalue weighted by Gasteiger charge is -2.33. The zero-order valence-corrected chi connectivity index (χ0v) is 13.2. The van der Waals surface area contributed by atoms with E-state index in [0.717, 1.165) is 25.9 Å². The molecule has 2 aliphatic rings. The van der Waals surface area contributed by atoms with E-state index < -0.39 is 0 Å². The highest BCUT2D eigenvalue weighted by molar-refractivity contribution is 5.91. The number of hydrogen-bond donors (Lipinski definition) is 1. The molecule has 1 aromatic carbocycles. The lowest BCUT2D eigenvalue weighted by atomic mass is 10.0. The van der Waals surface area contributed by atoms with E-state index in [1.54, 1.807) is 18.4 Å². The van der Waals surface area contributed by atoms with Gasteiger partial charge in [0.1, 0.15) is 0 Å². The van der Waals surface area contributed by atoms with Crippen LogP contribution in [0.5, 0.6) is 0 Å². The predicted octanol–water partition coefficient (Wildman–Crippen LogP) is 3.16. The lowest BCUT2D eigenvalue weighted by Crippen LogP contribution is -2.45. The van der Waals surface area contributed by atoms with Crippen LogP contribution in [0.2, 0.25) is 0 Å². The maximum atomic E-state index is 12.3. The normalized spacial score (nSPS) is 21.4. The van der Waals surface area contributed by atoms with Gasteiger partial charge in [-0.1, -0.05) is 24.3 Å². The fourth-order valence-electron chi connectivity index (χ4n) is 3.82. The number of carbonyl (C=O) groups is 1. The van der Waals surface area contributed by atoms with Crippen molar-refractivity contribution in [3.05, 3.63) is 59.5 Å². The molecular formula is C19H22N2O2. The molecule has 4 heteroatoms. The fourth-order valence-corrected chi connectivity index (χ4v) is 3.82. The lowest BCUT2D eigenvalue weighted by molar-refractivity contribution is 0.0669. The van der Waals surface area contributed by atoms with Crippen molar-refractivity contribution in [3.8, 4) is 0 Å². The van der Waals surface area contributed by atoms with Gasteiger partial charge in [0.2, 0.25) is 0 Å². The topological polar surface area (TPSA) is 45.5 Å². The van der Waals surface area contributed by atoms with Gasteiger partial charge in [-0.05, 0) is 48.9 Å². The third-order valence-electron chi connectivity index (χ3n) is 5.08. The van der Waals surface area contributed by atoms with Crippen molar-refractivity contribution >= 4 is 5.91 Å². The summed E-state index contributed by atoms with van der Waals surface area (Å²) in [5.74, 6) is 0.459. The highest BCUT2D eigenvalue weighted by Gasteiger charge is 2.28. The van der Waals surface area contributed by atoms with Crippen LogP contribution in [-0.4, -0.2) is 29.9 Å². The van der Waals surface area contributed by atoms with Crippen LogP contribution in [0.25, 0.3) is 0 Å². The van der Waals surface area contributed by atoms with E-state index in [1.807, 2.05) is 4.90 Å². The molecule has 0 saturated carbocycles. The molecule has 2 heterocycles. The minimum atomic E-state index is 0.0136. The van der Waals surface area contributed by atoms with Crippen LogP contribution in [0.3, 0.4) is 0 Å². The van der Waals surface area contributed by atoms with Gasteiger partial charge in [0.15, 0.2) is 5.76 Å². The number of fused-ring (bicyclic) bond motifs is 1. The zero-order chi connectivity index (χ0) is 15.6. The number of nitrogens with zero attached hydrogens (tertiary/aromatic N) is 1. The standard InChI is InChI=1S/C19H22N2O2/c22-19(18-6-3-13-23-18)21-11-9-15(10-12-21)20-17-8-7-14-4-1-2-5-16(14)17/h1-6,13,15,17,20H,7-12H2. The van der Waals surface area contributed by atoms with Crippen molar-refractivity contribution in [1.29, 1.82) is 0 Å². The van der Waals surface area contributed by atoms with Gasteiger partial charge in [0.05, 0.1) is 6.26 Å². The SMILES string of the molecule is O=C(c1ccco1)N1CCC(NC2CCc3ccccc32)CC1. The number of aryl methyl sites for hydroxylation is 1. The van der Waals surface area contributed by atoms with Crippen LogP contribution in [0.4, 0.5) is 0 Å². The smallest absolute Gasteiger partial charge is 0.289 e. The molecule has 0 bridgehead atoms. The summed E-state index contributed by atoms with van der Waals surface area (Å²) in [5, 5.41) is 3.81. The molecular weight excluding hydrogens is 288 g/mol. The van der Waals surface area contributed by atoms with E-state index in [1.165, 1.54) is 24.0 Å². The van der Waals surface area contributed by atoms with Gasteiger partial charge in [0, 0.05) is 25.2 Å². The Morgan fingerprint density at radius 1 is 1.09 bits per heavy atom. The number of benzene rings is 1. The number of likely N-dealkylation sites (tertiary alicyclic amines) is 1. The highest BCUT2D eigenvalue weighted by Crippen LogP contribution is 2.32. The Morgan fingerprint density at radius 2 is 1.91 bits per heavy atom. The van der Waals surface area contributed by atoms with Crippen molar-refractivity contribution in [2.24, 2.45) is 0 Å². The zero-order valence-electron chi connectivity index (χ0n) is 13.2. The number of amides is 1. The number of furan rings is 1. The molecule has 1 amide bonds. The number of hydrogen-bond acceptors (Lipinski definition) is 3. The maximum Gasteiger partial charge on any atom is 0.289 e. The third-order valence-corrected chi connectivity index (χ3v) is 5.08. The molecule has 120 valence electrons. The molecule has 1 aliphatic heterocycles. The van der Waals surface area contributed by atoms with Gasteiger partial charge in [-0.2, -0.15) is 0 Å². The average molecular weight is 310 g/mol. The van der Waals surface area contributed by atoms with Crippen molar-refractivity contribution < 1.29 is 9.21 Å². The van der Waals surface area contributed by atoms with Crippen LogP contribution in [0.15, 0.2) is 47.1 Å². The van der Waals surface area contributed by atoms with Crippen LogP contribution in [-0.2, 0) is 6.42 Å². The molecule has 1 saturated heterocycles. The number of rotatable bonds is 3. The van der Waals surface area contributed by atoms with E-state index in [9.17, 15) is 4.79 Å². The van der Waals surface area contributed by atoms with E-state index in [4.69, 9.17) is 4.42 Å². The molecule has 4 rings (SSSR count). The van der Waals surface area contributed by atoms with E-state index in [0.29, 0.717) is 17.8 Å². The molecule has 0 spiro atoms. The summed E-state index contributed by atoms with van der Waals surface area (Å²) in [6.07, 6.45) is 5.92. The molecule has 1 aromatic heterocycles. The number of nitrogens with one attached hydrogen (secondary N) is 1. The molecule has 1 unspecified atom stereocenters. The summed E-state index contributed by atoms with van der Waals surface area (Å²) in [4.78, 5) is 14.2. The van der Waals surface area contributed by atoms with Crippen molar-refractivity contribution in [1.82, 2.24) is 10.2 Å². The minimum Gasteiger partial charge on any atom is -0.459 e. The molecule has 1 atom stereocenters. The Bertz CT molecular complexity index is 672. The number of carbonyl (C=O) groups excluding carboxylic acids is 1. The predicted molar refractivity (Wildman–Crippen MR) is 88.3 cm³/mol. The molecule has 23 heavy (non-hydrogen) atoms. The monoisotopic (exact) mass is 310 g/mol. The van der Waals surface area contributed by atoms with E-state index in [-0.39, 0.29) is 5.91 Å². The van der Waals surface area contributed by atoms with Crippen LogP contribution in [0, 0.1) is 0 Å². The summed E-state index contributed by atoms with van der Waals surface area (Å²) in [6, 6.07) is 13.2.